The molecule has 3 aromatic heterocycles. The first-order valence-corrected chi connectivity index (χ1v) is 13.3. The molecule has 1 fully saturated rings. The molecule has 210 valence electrons. The molecule has 0 spiro atoms. The Balaban J connectivity index is 0.00000370. The van der Waals surface area contributed by atoms with Crippen LogP contribution < -0.4 is 10.6 Å². The zero-order chi connectivity index (χ0) is 27.4. The molecule has 1 atom stereocenters. The van der Waals surface area contributed by atoms with Crippen LogP contribution >= 0.6 is 13.5 Å². The molecule has 0 bridgehead atoms. The van der Waals surface area contributed by atoms with Gasteiger partial charge in [0.25, 0.3) is 5.91 Å². The second-order valence-electron chi connectivity index (χ2n) is 10.2. The number of piperidine rings is 1. The van der Waals surface area contributed by atoms with Gasteiger partial charge in [0.15, 0.2) is 5.82 Å². The van der Waals surface area contributed by atoms with Crippen molar-refractivity contribution in [3.8, 4) is 11.3 Å². The van der Waals surface area contributed by atoms with E-state index in [2.05, 4.69) is 47.5 Å². The third-order valence-corrected chi connectivity index (χ3v) is 7.43. The van der Waals surface area contributed by atoms with E-state index in [4.69, 9.17) is 0 Å². The molecule has 4 aromatic rings. The Morgan fingerprint density at radius 3 is 2.58 bits per heavy atom. The molecule has 1 saturated heterocycles. The third kappa shape index (κ3) is 6.53. The Bertz CT molecular complexity index is 1460. The number of anilines is 1. The topological polar surface area (TPSA) is 109 Å². The van der Waals surface area contributed by atoms with Crippen LogP contribution in [-0.2, 0) is 6.42 Å². The van der Waals surface area contributed by atoms with Crippen molar-refractivity contribution < 1.29 is 9.18 Å². The van der Waals surface area contributed by atoms with Gasteiger partial charge in [-0.15, -0.1) is 0 Å². The normalized spacial score (nSPS) is 14.9. The fourth-order valence-electron chi connectivity index (χ4n) is 5.07. The molecule has 4 heterocycles. The summed E-state index contributed by atoms with van der Waals surface area (Å²) in [6.45, 7) is 4.86. The van der Waals surface area contributed by atoms with Crippen LogP contribution in [0.3, 0.4) is 0 Å². The SMILES string of the molecule is CNC(=O)c1c(F)cnc2c([C@H](C)CNc3cc(-c4cnc(CC5CCN(C)CC5)nc4)ncn3)cccc12.S. The van der Waals surface area contributed by atoms with Crippen molar-refractivity contribution in [1.82, 2.24) is 35.1 Å². The number of nitrogens with one attached hydrogen (secondary N) is 2. The van der Waals surface area contributed by atoms with Crippen molar-refractivity contribution in [3.05, 3.63) is 72.0 Å². The summed E-state index contributed by atoms with van der Waals surface area (Å²) in [6.07, 6.45) is 9.56. The zero-order valence-corrected chi connectivity index (χ0v) is 24.0. The predicted molar refractivity (Wildman–Crippen MR) is 159 cm³/mol. The van der Waals surface area contributed by atoms with Gasteiger partial charge >= 0.3 is 0 Å². The lowest BCUT2D eigenvalue weighted by molar-refractivity contribution is 0.0960. The molecule has 9 nitrogen and oxygen atoms in total. The number of amides is 1. The van der Waals surface area contributed by atoms with Gasteiger partial charge < -0.3 is 15.5 Å². The predicted octanol–water partition coefficient (Wildman–Crippen LogP) is 4.19. The highest BCUT2D eigenvalue weighted by Crippen LogP contribution is 2.28. The van der Waals surface area contributed by atoms with Crippen LogP contribution in [0, 0.1) is 11.7 Å². The molecule has 2 N–H and O–H groups in total. The lowest BCUT2D eigenvalue weighted by Crippen LogP contribution is -2.31. The van der Waals surface area contributed by atoms with Gasteiger partial charge in [0.05, 0.1) is 23.0 Å². The number of carbonyl (C=O) groups is 1. The van der Waals surface area contributed by atoms with E-state index >= 15 is 0 Å². The number of rotatable bonds is 8. The molecule has 40 heavy (non-hydrogen) atoms. The highest BCUT2D eigenvalue weighted by atomic mass is 32.1. The number of carbonyl (C=O) groups excluding carboxylic acids is 1. The second-order valence-corrected chi connectivity index (χ2v) is 10.2. The number of likely N-dealkylation sites (tertiary alicyclic amines) is 1. The first-order valence-electron chi connectivity index (χ1n) is 13.3. The molecule has 1 aliphatic rings. The Kier molecular flexibility index (Phi) is 9.59. The smallest absolute Gasteiger partial charge is 0.254 e. The second kappa shape index (κ2) is 13.1. The average molecular weight is 563 g/mol. The van der Waals surface area contributed by atoms with E-state index in [1.807, 2.05) is 37.5 Å². The van der Waals surface area contributed by atoms with E-state index in [0.717, 1.165) is 48.4 Å². The molecule has 0 saturated carbocycles. The summed E-state index contributed by atoms with van der Waals surface area (Å²) < 4.78 is 14.4. The molecule has 1 aliphatic heterocycles. The minimum Gasteiger partial charge on any atom is -0.369 e. The Morgan fingerprint density at radius 1 is 1.10 bits per heavy atom. The molecular formula is C29H35FN8OS. The molecule has 0 unspecified atom stereocenters. The van der Waals surface area contributed by atoms with Gasteiger partial charge in [-0.25, -0.2) is 24.3 Å². The first-order chi connectivity index (χ1) is 18.9. The van der Waals surface area contributed by atoms with Gasteiger partial charge in [0.2, 0.25) is 0 Å². The number of para-hydroxylation sites is 1. The van der Waals surface area contributed by atoms with Crippen LogP contribution in [0.4, 0.5) is 10.2 Å². The van der Waals surface area contributed by atoms with Crippen LogP contribution in [-0.4, -0.2) is 69.5 Å². The fourth-order valence-corrected chi connectivity index (χ4v) is 5.07. The van der Waals surface area contributed by atoms with Gasteiger partial charge in [0, 0.05) is 55.3 Å². The Morgan fingerprint density at radius 2 is 1.85 bits per heavy atom. The number of hydrogen-bond acceptors (Lipinski definition) is 8. The minimum atomic E-state index is -0.642. The minimum absolute atomic E-state index is 0. The van der Waals surface area contributed by atoms with Crippen LogP contribution in [0.2, 0.25) is 0 Å². The number of pyridine rings is 1. The molecule has 1 amide bonds. The number of aromatic nitrogens is 5. The van der Waals surface area contributed by atoms with Crippen molar-refractivity contribution in [2.24, 2.45) is 5.92 Å². The summed E-state index contributed by atoms with van der Waals surface area (Å²) in [4.78, 5) is 37.0. The fraction of sp³-hybridized carbons (Fsp3) is 0.379. The Hall–Kier alpha value is -3.70. The van der Waals surface area contributed by atoms with Crippen LogP contribution in [0.25, 0.3) is 22.2 Å². The molecule has 5 rings (SSSR count). The average Bonchev–Trinajstić information content (AvgIpc) is 2.97. The lowest BCUT2D eigenvalue weighted by Gasteiger charge is -2.28. The summed E-state index contributed by atoms with van der Waals surface area (Å²) in [7, 11) is 3.65. The quantitative estimate of drug-likeness (QED) is 0.329. The number of nitrogens with zero attached hydrogens (tertiary/aromatic N) is 6. The summed E-state index contributed by atoms with van der Waals surface area (Å²) in [6, 6.07) is 7.36. The van der Waals surface area contributed by atoms with Crippen LogP contribution in [0.15, 0.2) is 49.2 Å². The van der Waals surface area contributed by atoms with E-state index in [-0.39, 0.29) is 25.0 Å². The number of benzene rings is 1. The van der Waals surface area contributed by atoms with Crippen LogP contribution in [0.1, 0.15) is 47.4 Å². The van der Waals surface area contributed by atoms with Crippen LogP contribution in [0.5, 0.6) is 0 Å². The van der Waals surface area contributed by atoms with E-state index in [1.54, 1.807) is 6.07 Å². The molecule has 0 aliphatic carbocycles. The van der Waals surface area contributed by atoms with Gasteiger partial charge in [-0.3, -0.25) is 9.78 Å². The maximum Gasteiger partial charge on any atom is 0.254 e. The Labute approximate surface area is 240 Å². The van der Waals surface area contributed by atoms with Gasteiger partial charge in [-0.1, -0.05) is 25.1 Å². The summed E-state index contributed by atoms with van der Waals surface area (Å²) in [5.74, 6) is 1.07. The van der Waals surface area contributed by atoms with Gasteiger partial charge in [-0.2, -0.15) is 13.5 Å². The lowest BCUT2D eigenvalue weighted by atomic mass is 9.93. The molecular weight excluding hydrogens is 527 g/mol. The van der Waals surface area contributed by atoms with E-state index in [1.165, 1.54) is 26.2 Å². The van der Waals surface area contributed by atoms with Crippen molar-refractivity contribution >= 4 is 36.1 Å². The first kappa shape index (κ1) is 29.3. The number of halogens is 1. The summed E-state index contributed by atoms with van der Waals surface area (Å²) in [5, 5.41) is 6.37. The number of fused-ring (bicyclic) bond motifs is 1. The van der Waals surface area contributed by atoms with E-state index in [9.17, 15) is 9.18 Å². The standard InChI is InChI=1S/C29H33FN8O.H2S/c1-18(21-5-4-6-22-27(29(39)31-2)23(30)16-35-28(21)22)13-32-26-12-24(36-17-37-26)20-14-33-25(34-15-20)11-19-7-9-38(3)10-8-19;/h4-6,12,14-19H,7-11,13H2,1-3H3,(H,31,39)(H,32,36,37);1H2/t18-;/m1./s1. The van der Waals surface area contributed by atoms with Crippen molar-refractivity contribution in [2.75, 3.05) is 39.0 Å². The molecule has 11 heteroatoms. The van der Waals surface area contributed by atoms with E-state index < -0.39 is 11.7 Å². The number of hydrogen-bond donors (Lipinski definition) is 2. The van der Waals surface area contributed by atoms with Crippen molar-refractivity contribution in [3.63, 3.8) is 0 Å². The highest BCUT2D eigenvalue weighted by molar-refractivity contribution is 7.59. The van der Waals surface area contributed by atoms with Gasteiger partial charge in [-0.05, 0) is 44.5 Å². The third-order valence-electron chi connectivity index (χ3n) is 7.43. The van der Waals surface area contributed by atoms with Gasteiger partial charge in [0.1, 0.15) is 18.0 Å². The maximum atomic E-state index is 14.4. The van der Waals surface area contributed by atoms with E-state index in [0.29, 0.717) is 29.2 Å². The van der Waals surface area contributed by atoms with Crippen molar-refractivity contribution in [1.29, 1.82) is 0 Å². The monoisotopic (exact) mass is 562 g/mol. The molecule has 1 aromatic carbocycles. The maximum absolute atomic E-state index is 14.4. The zero-order valence-electron chi connectivity index (χ0n) is 23.0. The highest BCUT2D eigenvalue weighted by Gasteiger charge is 2.20. The summed E-state index contributed by atoms with van der Waals surface area (Å²) >= 11 is 0. The van der Waals surface area contributed by atoms with Crippen molar-refractivity contribution in [2.45, 2.75) is 32.1 Å². The largest absolute Gasteiger partial charge is 0.369 e. The molecule has 0 radical (unpaired) electrons. The summed E-state index contributed by atoms with van der Waals surface area (Å²) in [5.41, 5.74) is 3.09.